The van der Waals surface area contributed by atoms with Crippen LogP contribution in [0.15, 0.2) is 0 Å². The molecule has 0 radical (unpaired) electrons. The van der Waals surface area contributed by atoms with Gasteiger partial charge in [-0.25, -0.2) is 0 Å². The van der Waals surface area contributed by atoms with Crippen molar-refractivity contribution in [3.63, 3.8) is 0 Å². The van der Waals surface area contributed by atoms with Crippen LogP contribution < -0.4 is 0 Å². The van der Waals surface area contributed by atoms with Crippen LogP contribution >= 0.6 is 0 Å². The van der Waals surface area contributed by atoms with Crippen molar-refractivity contribution >= 4 is 11.9 Å². The number of aliphatic carboxylic acids is 2. The van der Waals surface area contributed by atoms with Gasteiger partial charge in [-0.05, 0) is 36.5 Å². The van der Waals surface area contributed by atoms with Crippen molar-refractivity contribution in [1.82, 2.24) is 0 Å². The number of carboxylic acids is 2. The minimum absolute atomic E-state index is 0.00606. The van der Waals surface area contributed by atoms with E-state index in [-0.39, 0.29) is 18.3 Å². The lowest BCUT2D eigenvalue weighted by Gasteiger charge is -2.48. The van der Waals surface area contributed by atoms with Crippen molar-refractivity contribution in [3.05, 3.63) is 0 Å². The Balaban J connectivity index is 6.20. The van der Waals surface area contributed by atoms with Gasteiger partial charge in [-0.3, -0.25) is 9.59 Å². The number of carboxylic acid groups (broad SMARTS) is 2. The minimum Gasteiger partial charge on any atom is -0.480 e. The van der Waals surface area contributed by atoms with E-state index in [4.69, 9.17) is 0 Å². The topological polar surface area (TPSA) is 74.6 Å². The first kappa shape index (κ1) is 17.9. The predicted molar refractivity (Wildman–Crippen MR) is 75.0 cm³/mol. The second-order valence-corrected chi connectivity index (χ2v) is 6.13. The van der Waals surface area contributed by atoms with E-state index in [0.717, 1.165) is 0 Å². The summed E-state index contributed by atoms with van der Waals surface area (Å²) in [7, 11) is 0. The molecule has 0 aromatic carbocycles. The highest BCUT2D eigenvalue weighted by molar-refractivity contribution is 5.99. The molecule has 19 heavy (non-hydrogen) atoms. The predicted octanol–water partition coefficient (Wildman–Crippen LogP) is 3.65. The first-order chi connectivity index (χ1) is 8.62. The summed E-state index contributed by atoms with van der Waals surface area (Å²) in [5, 5.41) is 19.4. The normalized spacial score (nSPS) is 13.1. The molecule has 0 spiro atoms. The second kappa shape index (κ2) is 6.40. The third-order valence-electron chi connectivity index (χ3n) is 4.66. The largest absolute Gasteiger partial charge is 0.480 e. The number of hydrogen-bond donors (Lipinski definition) is 2. The molecule has 0 saturated heterocycles. The summed E-state index contributed by atoms with van der Waals surface area (Å²) in [6, 6.07) is 0. The lowest BCUT2D eigenvalue weighted by atomic mass is 9.53. The van der Waals surface area contributed by atoms with Crippen LogP contribution in [0.25, 0.3) is 0 Å². The molecule has 0 amide bonds. The van der Waals surface area contributed by atoms with E-state index in [1.165, 1.54) is 0 Å². The molecule has 0 aromatic rings. The fourth-order valence-corrected chi connectivity index (χ4v) is 3.67. The molecule has 0 aromatic heterocycles. The average molecular weight is 272 g/mol. The van der Waals surface area contributed by atoms with Crippen molar-refractivity contribution in [1.29, 1.82) is 0 Å². The molecule has 0 fully saturated rings. The van der Waals surface area contributed by atoms with Crippen LogP contribution in [0, 0.1) is 22.7 Å². The molecular weight excluding hydrogens is 244 g/mol. The Morgan fingerprint density at radius 3 is 1.47 bits per heavy atom. The van der Waals surface area contributed by atoms with Gasteiger partial charge in [0, 0.05) is 0 Å². The molecule has 0 bridgehead atoms. The molecule has 4 nitrogen and oxygen atoms in total. The minimum atomic E-state index is -1.71. The molecule has 112 valence electrons. The van der Waals surface area contributed by atoms with Gasteiger partial charge in [0.1, 0.15) is 0 Å². The zero-order chi connectivity index (χ0) is 15.4. The van der Waals surface area contributed by atoms with Crippen molar-refractivity contribution in [2.75, 3.05) is 0 Å². The molecular formula is C15H28O4. The Morgan fingerprint density at radius 1 is 0.947 bits per heavy atom. The first-order valence-corrected chi connectivity index (χ1v) is 7.09. The van der Waals surface area contributed by atoms with Crippen molar-refractivity contribution in [3.8, 4) is 0 Å². The zero-order valence-corrected chi connectivity index (χ0v) is 13.0. The smallest absolute Gasteiger partial charge is 0.321 e. The van der Waals surface area contributed by atoms with E-state index >= 15 is 0 Å². The summed E-state index contributed by atoms with van der Waals surface area (Å²) in [4.78, 5) is 23.8. The Hall–Kier alpha value is -1.06. The van der Waals surface area contributed by atoms with E-state index in [9.17, 15) is 19.8 Å². The van der Waals surface area contributed by atoms with Gasteiger partial charge in [0.15, 0.2) is 5.41 Å². The summed E-state index contributed by atoms with van der Waals surface area (Å²) in [6.07, 6.45) is 1.26. The van der Waals surface area contributed by atoms with Gasteiger partial charge < -0.3 is 10.2 Å². The Morgan fingerprint density at radius 2 is 1.32 bits per heavy atom. The highest BCUT2D eigenvalue weighted by Crippen LogP contribution is 2.54. The zero-order valence-electron chi connectivity index (χ0n) is 13.0. The van der Waals surface area contributed by atoms with Crippen LogP contribution in [0.5, 0.6) is 0 Å². The third-order valence-corrected chi connectivity index (χ3v) is 4.66. The fraction of sp³-hybridized carbons (Fsp3) is 0.867. The Bertz CT molecular complexity index is 313. The molecule has 0 aliphatic rings. The van der Waals surface area contributed by atoms with Crippen LogP contribution in [0.4, 0.5) is 0 Å². The second-order valence-electron chi connectivity index (χ2n) is 6.13. The SMILES string of the molecule is CCC(CC)(C(C)C)C(CC(C)C)(C(=O)O)C(=O)O. The number of rotatable bonds is 8. The number of carbonyl (C=O) groups is 2. The van der Waals surface area contributed by atoms with E-state index in [0.29, 0.717) is 12.8 Å². The number of hydrogen-bond acceptors (Lipinski definition) is 2. The van der Waals surface area contributed by atoms with Crippen LogP contribution in [0.3, 0.4) is 0 Å². The van der Waals surface area contributed by atoms with E-state index < -0.39 is 22.8 Å². The third kappa shape index (κ3) is 2.77. The lowest BCUT2D eigenvalue weighted by Crippen LogP contribution is -2.56. The van der Waals surface area contributed by atoms with Gasteiger partial charge in [-0.1, -0.05) is 41.5 Å². The van der Waals surface area contributed by atoms with Gasteiger partial charge in [0.2, 0.25) is 0 Å². The highest BCUT2D eigenvalue weighted by atomic mass is 16.4. The fourth-order valence-electron chi connectivity index (χ4n) is 3.67. The standard InChI is InChI=1S/C15H28O4/c1-7-14(8-2,11(5)6)15(12(16)17,13(18)19)9-10(3)4/h10-11H,7-9H2,1-6H3,(H,16,17)(H,18,19). The highest BCUT2D eigenvalue weighted by Gasteiger charge is 2.61. The maximum Gasteiger partial charge on any atom is 0.321 e. The maximum absolute atomic E-state index is 11.9. The average Bonchev–Trinajstić information content (AvgIpc) is 2.27. The molecule has 4 heteroatoms. The lowest BCUT2D eigenvalue weighted by molar-refractivity contribution is -0.183. The van der Waals surface area contributed by atoms with E-state index in [2.05, 4.69) is 0 Å². The molecule has 0 rings (SSSR count). The van der Waals surface area contributed by atoms with Gasteiger partial charge in [0.25, 0.3) is 0 Å². The maximum atomic E-state index is 11.9. The van der Waals surface area contributed by atoms with Crippen molar-refractivity contribution < 1.29 is 19.8 Å². The first-order valence-electron chi connectivity index (χ1n) is 7.09. The van der Waals surface area contributed by atoms with E-state index in [1.807, 2.05) is 41.5 Å². The molecule has 0 atom stereocenters. The van der Waals surface area contributed by atoms with Crippen LogP contribution in [-0.4, -0.2) is 22.2 Å². The summed E-state index contributed by atoms with van der Waals surface area (Å²) in [5.74, 6) is -2.39. The summed E-state index contributed by atoms with van der Waals surface area (Å²) in [5.41, 5.74) is -2.44. The Kier molecular flexibility index (Phi) is 6.04. The molecule has 0 aliphatic carbocycles. The molecule has 0 aliphatic heterocycles. The Labute approximate surface area is 116 Å². The summed E-state index contributed by atoms with van der Waals surface area (Å²) >= 11 is 0. The van der Waals surface area contributed by atoms with E-state index in [1.54, 1.807) is 0 Å². The quantitative estimate of drug-likeness (QED) is 0.661. The molecule has 0 heterocycles. The molecule has 2 N–H and O–H groups in total. The molecule has 0 unspecified atom stereocenters. The summed E-state index contributed by atoms with van der Waals surface area (Å²) < 4.78 is 0. The molecule has 0 saturated carbocycles. The van der Waals surface area contributed by atoms with Crippen LogP contribution in [-0.2, 0) is 9.59 Å². The van der Waals surface area contributed by atoms with Crippen LogP contribution in [0.2, 0.25) is 0 Å². The monoisotopic (exact) mass is 272 g/mol. The van der Waals surface area contributed by atoms with Gasteiger partial charge in [0.05, 0.1) is 0 Å². The van der Waals surface area contributed by atoms with Gasteiger partial charge >= 0.3 is 11.9 Å². The van der Waals surface area contributed by atoms with Gasteiger partial charge in [-0.2, -0.15) is 0 Å². The van der Waals surface area contributed by atoms with Crippen molar-refractivity contribution in [2.24, 2.45) is 22.7 Å². The van der Waals surface area contributed by atoms with Crippen LogP contribution in [0.1, 0.15) is 60.8 Å². The summed E-state index contributed by atoms with van der Waals surface area (Å²) in [6.45, 7) is 11.4. The van der Waals surface area contributed by atoms with Crippen molar-refractivity contribution in [2.45, 2.75) is 60.8 Å². The van der Waals surface area contributed by atoms with Gasteiger partial charge in [-0.15, -0.1) is 0 Å².